The molecule has 1 aliphatic heterocycles. The molecule has 3 rings (SSSR count). The lowest BCUT2D eigenvalue weighted by Gasteiger charge is -2.44. The highest BCUT2D eigenvalue weighted by Gasteiger charge is 2.35. The van der Waals surface area contributed by atoms with Crippen LogP contribution in [0, 0.1) is 12.8 Å². The van der Waals surface area contributed by atoms with Crippen LogP contribution in [0.25, 0.3) is 0 Å². The van der Waals surface area contributed by atoms with Gasteiger partial charge in [0, 0.05) is 18.5 Å². The second-order valence-electron chi connectivity index (χ2n) is 6.98. The van der Waals surface area contributed by atoms with Crippen LogP contribution in [0.1, 0.15) is 56.1 Å². The van der Waals surface area contributed by atoms with Crippen molar-refractivity contribution in [3.63, 3.8) is 0 Å². The molecule has 1 saturated carbocycles. The van der Waals surface area contributed by atoms with Gasteiger partial charge in [0.15, 0.2) is 0 Å². The largest absolute Gasteiger partial charge is 0.393 e. The summed E-state index contributed by atoms with van der Waals surface area (Å²) >= 11 is 0. The highest BCUT2D eigenvalue weighted by atomic mass is 16.3. The third-order valence-electron chi connectivity index (χ3n) is 5.57. The van der Waals surface area contributed by atoms with Crippen LogP contribution < -0.4 is 0 Å². The molecule has 3 unspecified atom stereocenters. The molecule has 2 heteroatoms. The summed E-state index contributed by atoms with van der Waals surface area (Å²) in [4.78, 5) is 2.66. The van der Waals surface area contributed by atoms with E-state index >= 15 is 0 Å². The maximum Gasteiger partial charge on any atom is 0.0583 e. The minimum Gasteiger partial charge on any atom is -0.393 e. The van der Waals surface area contributed by atoms with Crippen molar-refractivity contribution in [1.29, 1.82) is 0 Å². The summed E-state index contributed by atoms with van der Waals surface area (Å²) in [5, 5.41) is 10.4. The summed E-state index contributed by atoms with van der Waals surface area (Å²) in [7, 11) is 0. The molecule has 116 valence electrons. The van der Waals surface area contributed by atoms with E-state index in [2.05, 4.69) is 36.1 Å². The Morgan fingerprint density at radius 3 is 2.62 bits per heavy atom. The van der Waals surface area contributed by atoms with Gasteiger partial charge in [-0.05, 0) is 50.3 Å². The van der Waals surface area contributed by atoms with E-state index < -0.39 is 0 Å². The average Bonchev–Trinajstić information content (AvgIpc) is 2.51. The van der Waals surface area contributed by atoms with Crippen LogP contribution in [0.15, 0.2) is 24.3 Å². The quantitative estimate of drug-likeness (QED) is 0.911. The van der Waals surface area contributed by atoms with E-state index in [0.717, 1.165) is 13.0 Å². The van der Waals surface area contributed by atoms with Crippen molar-refractivity contribution < 1.29 is 5.11 Å². The Morgan fingerprint density at radius 2 is 1.81 bits per heavy atom. The number of nitrogens with zero attached hydrogens (tertiary/aromatic N) is 1. The van der Waals surface area contributed by atoms with Gasteiger partial charge in [-0.1, -0.05) is 43.5 Å². The van der Waals surface area contributed by atoms with Gasteiger partial charge in [0.2, 0.25) is 0 Å². The van der Waals surface area contributed by atoms with Crippen molar-refractivity contribution in [1.82, 2.24) is 4.90 Å². The van der Waals surface area contributed by atoms with E-state index in [1.54, 1.807) is 0 Å². The van der Waals surface area contributed by atoms with E-state index in [0.29, 0.717) is 12.0 Å². The number of aliphatic hydroxyl groups excluding tert-OH is 1. The predicted octanol–water partition coefficient (Wildman–Crippen LogP) is 3.90. The normalized spacial score (nSPS) is 31.2. The first-order valence-electron chi connectivity index (χ1n) is 8.72. The number of hydrogen-bond donors (Lipinski definition) is 1. The SMILES string of the molecule is Cc1ccccc1CN1CCCCC1C1CCCCC1O. The molecule has 2 aliphatic rings. The monoisotopic (exact) mass is 287 g/mol. The van der Waals surface area contributed by atoms with Gasteiger partial charge in [0.05, 0.1) is 6.10 Å². The van der Waals surface area contributed by atoms with Crippen LogP contribution in [-0.4, -0.2) is 28.7 Å². The van der Waals surface area contributed by atoms with Crippen molar-refractivity contribution in [3.05, 3.63) is 35.4 Å². The molecule has 1 saturated heterocycles. The maximum atomic E-state index is 10.4. The zero-order valence-corrected chi connectivity index (χ0v) is 13.3. The van der Waals surface area contributed by atoms with Gasteiger partial charge in [-0.3, -0.25) is 4.90 Å². The Labute approximate surface area is 129 Å². The van der Waals surface area contributed by atoms with Crippen LogP contribution in [0.5, 0.6) is 0 Å². The molecule has 2 fully saturated rings. The summed E-state index contributed by atoms with van der Waals surface area (Å²) in [5.74, 6) is 0.503. The Kier molecular flexibility index (Phi) is 4.97. The Balaban J connectivity index is 1.73. The maximum absolute atomic E-state index is 10.4. The first-order valence-corrected chi connectivity index (χ1v) is 8.72. The summed E-state index contributed by atoms with van der Waals surface area (Å²) in [6, 6.07) is 9.34. The molecular weight excluding hydrogens is 258 g/mol. The highest BCUT2D eigenvalue weighted by Crippen LogP contribution is 2.34. The number of likely N-dealkylation sites (tertiary alicyclic amines) is 1. The Bertz CT molecular complexity index is 459. The average molecular weight is 287 g/mol. The van der Waals surface area contributed by atoms with E-state index in [1.807, 2.05) is 0 Å². The van der Waals surface area contributed by atoms with Gasteiger partial charge in [-0.2, -0.15) is 0 Å². The fourth-order valence-corrected chi connectivity index (χ4v) is 4.29. The van der Waals surface area contributed by atoms with Gasteiger partial charge in [-0.25, -0.2) is 0 Å². The van der Waals surface area contributed by atoms with Crippen LogP contribution in [0.3, 0.4) is 0 Å². The molecule has 21 heavy (non-hydrogen) atoms. The molecule has 1 aliphatic carbocycles. The lowest BCUT2D eigenvalue weighted by molar-refractivity contribution is -0.00866. The van der Waals surface area contributed by atoms with Gasteiger partial charge in [0.1, 0.15) is 0 Å². The van der Waals surface area contributed by atoms with Gasteiger partial charge in [0.25, 0.3) is 0 Å². The first-order chi connectivity index (χ1) is 10.3. The van der Waals surface area contributed by atoms with E-state index in [1.165, 1.54) is 56.2 Å². The van der Waals surface area contributed by atoms with E-state index in [-0.39, 0.29) is 6.10 Å². The van der Waals surface area contributed by atoms with Gasteiger partial charge >= 0.3 is 0 Å². The lowest BCUT2D eigenvalue weighted by Crippen LogP contribution is -2.48. The van der Waals surface area contributed by atoms with Crippen molar-refractivity contribution in [3.8, 4) is 0 Å². The van der Waals surface area contributed by atoms with E-state index in [4.69, 9.17) is 0 Å². The summed E-state index contributed by atoms with van der Waals surface area (Å²) in [6.07, 6.45) is 8.59. The molecule has 0 amide bonds. The smallest absolute Gasteiger partial charge is 0.0583 e. The third kappa shape index (κ3) is 3.49. The fraction of sp³-hybridized carbons (Fsp3) is 0.684. The van der Waals surface area contributed by atoms with Crippen LogP contribution in [0.4, 0.5) is 0 Å². The van der Waals surface area contributed by atoms with Crippen LogP contribution in [0.2, 0.25) is 0 Å². The number of piperidine rings is 1. The number of aliphatic hydroxyl groups is 1. The summed E-state index contributed by atoms with van der Waals surface area (Å²) in [5.41, 5.74) is 2.85. The molecule has 0 spiro atoms. The number of aryl methyl sites for hydroxylation is 1. The lowest BCUT2D eigenvalue weighted by atomic mass is 9.78. The zero-order chi connectivity index (χ0) is 14.7. The molecule has 1 aromatic rings. The summed E-state index contributed by atoms with van der Waals surface area (Å²) in [6.45, 7) is 4.46. The number of benzene rings is 1. The van der Waals surface area contributed by atoms with Crippen LogP contribution >= 0.6 is 0 Å². The minimum absolute atomic E-state index is 0.0683. The van der Waals surface area contributed by atoms with Crippen LogP contribution in [-0.2, 0) is 6.54 Å². The highest BCUT2D eigenvalue weighted by molar-refractivity contribution is 5.25. The molecule has 0 bridgehead atoms. The second-order valence-corrected chi connectivity index (χ2v) is 6.98. The third-order valence-corrected chi connectivity index (χ3v) is 5.57. The number of hydrogen-bond acceptors (Lipinski definition) is 2. The Morgan fingerprint density at radius 1 is 1.05 bits per heavy atom. The first kappa shape index (κ1) is 15.1. The van der Waals surface area contributed by atoms with Crippen molar-refractivity contribution in [2.45, 2.75) is 70.6 Å². The molecule has 2 nitrogen and oxygen atoms in total. The fourth-order valence-electron chi connectivity index (χ4n) is 4.29. The topological polar surface area (TPSA) is 23.5 Å². The van der Waals surface area contributed by atoms with E-state index in [9.17, 15) is 5.11 Å². The van der Waals surface area contributed by atoms with Gasteiger partial charge in [-0.15, -0.1) is 0 Å². The summed E-state index contributed by atoms with van der Waals surface area (Å²) < 4.78 is 0. The molecule has 0 aromatic heterocycles. The molecule has 1 aromatic carbocycles. The molecule has 3 atom stereocenters. The second kappa shape index (κ2) is 6.93. The molecule has 1 heterocycles. The Hall–Kier alpha value is -0.860. The molecular formula is C19H29NO. The minimum atomic E-state index is -0.0683. The predicted molar refractivity (Wildman–Crippen MR) is 87.2 cm³/mol. The van der Waals surface area contributed by atoms with Crippen molar-refractivity contribution in [2.75, 3.05) is 6.54 Å². The molecule has 1 N–H and O–H groups in total. The standard InChI is InChI=1S/C19H29NO/c1-15-8-2-3-9-16(15)14-20-13-7-6-11-18(20)17-10-4-5-12-19(17)21/h2-3,8-9,17-19,21H,4-7,10-14H2,1H3. The number of rotatable bonds is 3. The van der Waals surface area contributed by atoms with Gasteiger partial charge < -0.3 is 5.11 Å². The molecule has 0 radical (unpaired) electrons. The van der Waals surface area contributed by atoms with Crippen molar-refractivity contribution in [2.24, 2.45) is 5.92 Å². The zero-order valence-electron chi connectivity index (χ0n) is 13.3. The van der Waals surface area contributed by atoms with Crippen molar-refractivity contribution >= 4 is 0 Å².